The second-order valence-corrected chi connectivity index (χ2v) is 2.79. The van der Waals surface area contributed by atoms with Crippen molar-refractivity contribution in [3.8, 4) is 0 Å². The molecule has 0 heterocycles. The Morgan fingerprint density at radius 3 is 1.60 bits per heavy atom. The minimum absolute atomic E-state index is 0. The standard InChI is InChI=1S/C13H18O.Ru/c1-3-5-7-9-11-13(14)12-10-8-6-4-2;/h5-12H,3-4H2,1-2H3;/b7-5+,8-6+,11-9+,12-10+;. The zero-order valence-corrected chi connectivity index (χ0v) is 11.0. The number of allylic oxidation sites excluding steroid dienone is 8. The van der Waals surface area contributed by atoms with Crippen molar-refractivity contribution in [2.75, 3.05) is 0 Å². The van der Waals surface area contributed by atoms with Gasteiger partial charge in [-0.05, 0) is 25.0 Å². The largest absolute Gasteiger partial charge is 0.290 e. The summed E-state index contributed by atoms with van der Waals surface area (Å²) in [5.74, 6) is 0.0199. The molecule has 0 N–H and O–H groups in total. The van der Waals surface area contributed by atoms with Crippen LogP contribution >= 0.6 is 0 Å². The van der Waals surface area contributed by atoms with Gasteiger partial charge in [-0.25, -0.2) is 0 Å². The molecule has 0 spiro atoms. The number of ketones is 1. The number of carbonyl (C=O) groups excluding carboxylic acids is 1. The molecule has 0 aliphatic heterocycles. The molecule has 0 aromatic carbocycles. The zero-order valence-electron chi connectivity index (χ0n) is 9.29. The van der Waals surface area contributed by atoms with Crippen LogP contribution in [0, 0.1) is 0 Å². The fraction of sp³-hybridized carbons (Fsp3) is 0.308. The van der Waals surface area contributed by atoms with E-state index in [-0.39, 0.29) is 25.3 Å². The van der Waals surface area contributed by atoms with Crippen molar-refractivity contribution in [3.05, 3.63) is 48.6 Å². The molecule has 15 heavy (non-hydrogen) atoms. The number of carbonyl (C=O) groups is 1. The zero-order chi connectivity index (χ0) is 10.6. The molecule has 84 valence electrons. The van der Waals surface area contributed by atoms with Gasteiger partial charge in [-0.1, -0.05) is 50.3 Å². The van der Waals surface area contributed by atoms with Crippen molar-refractivity contribution >= 4 is 5.78 Å². The molecule has 0 saturated carbocycles. The first-order chi connectivity index (χ1) is 6.81. The Kier molecular flexibility index (Phi) is 14.7. The van der Waals surface area contributed by atoms with E-state index in [1.54, 1.807) is 24.3 Å². The van der Waals surface area contributed by atoms with E-state index in [0.29, 0.717) is 0 Å². The van der Waals surface area contributed by atoms with E-state index in [1.165, 1.54) is 0 Å². The summed E-state index contributed by atoms with van der Waals surface area (Å²) in [5, 5.41) is 0. The van der Waals surface area contributed by atoms with E-state index in [2.05, 4.69) is 13.8 Å². The fourth-order valence-electron chi connectivity index (χ4n) is 0.786. The molecular formula is C13H18ORu. The maximum Gasteiger partial charge on any atom is 0.178 e. The summed E-state index contributed by atoms with van der Waals surface area (Å²) in [5.41, 5.74) is 0. The van der Waals surface area contributed by atoms with Crippen molar-refractivity contribution in [1.82, 2.24) is 0 Å². The van der Waals surface area contributed by atoms with Gasteiger partial charge in [0.1, 0.15) is 0 Å². The minimum atomic E-state index is 0. The van der Waals surface area contributed by atoms with Gasteiger partial charge in [0.25, 0.3) is 0 Å². The van der Waals surface area contributed by atoms with Gasteiger partial charge in [-0.3, -0.25) is 4.79 Å². The van der Waals surface area contributed by atoms with Crippen LogP contribution in [-0.2, 0) is 24.3 Å². The number of hydrogen-bond acceptors (Lipinski definition) is 1. The molecule has 0 atom stereocenters. The summed E-state index contributed by atoms with van der Waals surface area (Å²) >= 11 is 0. The molecular weight excluding hydrogens is 273 g/mol. The van der Waals surface area contributed by atoms with Crippen LogP contribution in [-0.4, -0.2) is 5.78 Å². The fourth-order valence-corrected chi connectivity index (χ4v) is 0.786. The van der Waals surface area contributed by atoms with Crippen LogP contribution < -0.4 is 0 Å². The van der Waals surface area contributed by atoms with Gasteiger partial charge in [0.2, 0.25) is 0 Å². The van der Waals surface area contributed by atoms with E-state index in [9.17, 15) is 4.79 Å². The maximum atomic E-state index is 11.1. The van der Waals surface area contributed by atoms with Crippen LogP contribution in [0.4, 0.5) is 0 Å². The van der Waals surface area contributed by atoms with E-state index in [4.69, 9.17) is 0 Å². The van der Waals surface area contributed by atoms with E-state index < -0.39 is 0 Å². The molecule has 0 aliphatic carbocycles. The van der Waals surface area contributed by atoms with Crippen LogP contribution in [0.25, 0.3) is 0 Å². The summed E-state index contributed by atoms with van der Waals surface area (Å²) in [4.78, 5) is 11.1. The predicted molar refractivity (Wildman–Crippen MR) is 62.1 cm³/mol. The molecule has 0 saturated heterocycles. The Hall–Kier alpha value is -0.747. The molecule has 0 aliphatic rings. The third kappa shape index (κ3) is 13.3. The van der Waals surface area contributed by atoms with E-state index in [1.807, 2.05) is 24.3 Å². The maximum absolute atomic E-state index is 11.1. The Morgan fingerprint density at radius 1 is 0.867 bits per heavy atom. The first-order valence-electron chi connectivity index (χ1n) is 5.01. The molecule has 0 bridgehead atoms. The summed E-state index contributed by atoms with van der Waals surface area (Å²) in [7, 11) is 0. The van der Waals surface area contributed by atoms with Crippen LogP contribution in [0.1, 0.15) is 26.7 Å². The van der Waals surface area contributed by atoms with E-state index >= 15 is 0 Å². The third-order valence-electron chi connectivity index (χ3n) is 1.49. The molecule has 0 amide bonds. The van der Waals surface area contributed by atoms with Crippen LogP contribution in [0.3, 0.4) is 0 Å². The second kappa shape index (κ2) is 13.3. The first-order valence-corrected chi connectivity index (χ1v) is 5.01. The molecule has 0 radical (unpaired) electrons. The Balaban J connectivity index is 0. The Morgan fingerprint density at radius 2 is 1.27 bits per heavy atom. The van der Waals surface area contributed by atoms with Crippen molar-refractivity contribution in [2.24, 2.45) is 0 Å². The SMILES string of the molecule is CC/C=C/C=C/C(=O)/C=C/C=C/CC.[Ru]. The number of rotatable bonds is 6. The topological polar surface area (TPSA) is 17.1 Å². The monoisotopic (exact) mass is 292 g/mol. The average molecular weight is 291 g/mol. The normalized spacial score (nSPS) is 11.9. The van der Waals surface area contributed by atoms with Crippen LogP contribution in [0.2, 0.25) is 0 Å². The van der Waals surface area contributed by atoms with Gasteiger partial charge in [0.15, 0.2) is 5.78 Å². The van der Waals surface area contributed by atoms with Crippen LogP contribution in [0.5, 0.6) is 0 Å². The van der Waals surface area contributed by atoms with Crippen molar-refractivity contribution in [3.63, 3.8) is 0 Å². The molecule has 0 rings (SSSR count). The second-order valence-electron chi connectivity index (χ2n) is 2.79. The van der Waals surface area contributed by atoms with Crippen LogP contribution in [0.15, 0.2) is 48.6 Å². The smallest absolute Gasteiger partial charge is 0.178 e. The van der Waals surface area contributed by atoms with Gasteiger partial charge in [-0.2, -0.15) is 0 Å². The average Bonchev–Trinajstić information content (AvgIpc) is 2.19. The molecule has 2 heteroatoms. The quantitative estimate of drug-likeness (QED) is 0.415. The van der Waals surface area contributed by atoms with Crippen molar-refractivity contribution in [2.45, 2.75) is 26.7 Å². The molecule has 1 nitrogen and oxygen atoms in total. The first kappa shape index (κ1) is 16.7. The number of hydrogen-bond donors (Lipinski definition) is 0. The summed E-state index contributed by atoms with van der Waals surface area (Å²) in [6.45, 7) is 4.11. The van der Waals surface area contributed by atoms with Gasteiger partial charge < -0.3 is 0 Å². The molecule has 0 fully saturated rings. The van der Waals surface area contributed by atoms with E-state index in [0.717, 1.165) is 12.8 Å². The van der Waals surface area contributed by atoms with Gasteiger partial charge in [0.05, 0.1) is 0 Å². The summed E-state index contributed by atoms with van der Waals surface area (Å²) in [6.07, 6.45) is 16.4. The minimum Gasteiger partial charge on any atom is -0.290 e. The Bertz CT molecular complexity index is 234. The van der Waals surface area contributed by atoms with Crippen molar-refractivity contribution < 1.29 is 24.3 Å². The Labute approximate surface area is 105 Å². The summed E-state index contributed by atoms with van der Waals surface area (Å²) < 4.78 is 0. The predicted octanol–water partition coefficient (Wildman–Crippen LogP) is 3.60. The molecule has 0 unspecified atom stereocenters. The molecule has 0 aromatic rings. The third-order valence-corrected chi connectivity index (χ3v) is 1.49. The van der Waals surface area contributed by atoms with Gasteiger partial charge in [-0.15, -0.1) is 0 Å². The van der Waals surface area contributed by atoms with Crippen molar-refractivity contribution in [1.29, 1.82) is 0 Å². The van der Waals surface area contributed by atoms with Gasteiger partial charge >= 0.3 is 0 Å². The van der Waals surface area contributed by atoms with Gasteiger partial charge in [0, 0.05) is 19.5 Å². The summed E-state index contributed by atoms with van der Waals surface area (Å²) in [6, 6.07) is 0. The molecule has 0 aromatic heterocycles.